The lowest BCUT2D eigenvalue weighted by atomic mass is 10.3. The van der Waals surface area contributed by atoms with Crippen LogP contribution in [-0.4, -0.2) is 37.3 Å². The summed E-state index contributed by atoms with van der Waals surface area (Å²) < 4.78 is 0. The molecular weight excluding hydrogens is 190 g/mol. The third-order valence-corrected chi connectivity index (χ3v) is 1.42. The van der Waals surface area contributed by atoms with E-state index in [2.05, 4.69) is 26.2 Å². The zero-order valence-corrected chi connectivity index (χ0v) is 7.27. The van der Waals surface area contributed by atoms with Gasteiger partial charge in [0.25, 0.3) is 0 Å². The maximum absolute atomic E-state index is 10.9. The molecule has 3 N–H and O–H groups in total. The van der Waals surface area contributed by atoms with E-state index in [9.17, 15) is 14.7 Å². The van der Waals surface area contributed by atoms with E-state index in [1.165, 1.54) is 7.05 Å². The Morgan fingerprint density at radius 3 is 2.93 bits per heavy atom. The van der Waals surface area contributed by atoms with E-state index in [4.69, 9.17) is 0 Å². The van der Waals surface area contributed by atoms with Crippen LogP contribution in [0, 0.1) is 0 Å². The van der Waals surface area contributed by atoms with Gasteiger partial charge < -0.3 is 15.2 Å². The predicted molar refractivity (Wildman–Crippen MR) is 45.4 cm³/mol. The van der Waals surface area contributed by atoms with Crippen molar-refractivity contribution in [3.63, 3.8) is 0 Å². The highest BCUT2D eigenvalue weighted by Gasteiger charge is 2.20. The fourth-order valence-corrected chi connectivity index (χ4v) is 0.786. The molecule has 1 heterocycles. The molecule has 0 spiro atoms. The van der Waals surface area contributed by atoms with Crippen LogP contribution in [0.5, 0.6) is 0 Å². The second-order valence-corrected chi connectivity index (χ2v) is 2.33. The van der Waals surface area contributed by atoms with Crippen molar-refractivity contribution in [1.29, 1.82) is 0 Å². The van der Waals surface area contributed by atoms with Crippen LogP contribution in [0.15, 0.2) is 10.1 Å². The topological polar surface area (TPSA) is 118 Å². The van der Waals surface area contributed by atoms with Crippen molar-refractivity contribution in [3.8, 4) is 0 Å². The highest BCUT2D eigenvalue weighted by molar-refractivity contribution is 6.11. The van der Waals surface area contributed by atoms with Crippen molar-refractivity contribution >= 4 is 24.2 Å². The zero-order chi connectivity index (χ0) is 10.6. The average Bonchev–Trinajstić information content (AvgIpc) is 2.18. The fraction of sp³-hybridized carbons (Fsp3) is 0.333. The number of hydrogen-bond acceptors (Lipinski definition) is 6. The Balaban J connectivity index is 2.70. The molecule has 0 aromatic heterocycles. The molecule has 1 aliphatic heterocycles. The van der Waals surface area contributed by atoms with Gasteiger partial charge >= 0.3 is 6.03 Å². The van der Waals surface area contributed by atoms with Gasteiger partial charge in [0, 0.05) is 7.05 Å². The quantitative estimate of drug-likeness (QED) is 0.415. The lowest BCUT2D eigenvalue weighted by Crippen LogP contribution is -2.51. The van der Waals surface area contributed by atoms with Gasteiger partial charge in [0.1, 0.15) is 6.34 Å². The highest BCUT2D eigenvalue weighted by Crippen LogP contribution is 1.94. The van der Waals surface area contributed by atoms with Gasteiger partial charge in [0.2, 0.25) is 0 Å². The second-order valence-electron chi connectivity index (χ2n) is 2.33. The van der Waals surface area contributed by atoms with Gasteiger partial charge in [0.15, 0.2) is 11.9 Å². The number of aliphatic imine (C=N–C) groups is 1. The summed E-state index contributed by atoms with van der Waals surface area (Å²) in [4.78, 5) is 24.9. The van der Waals surface area contributed by atoms with Gasteiger partial charge in [-0.1, -0.05) is 0 Å². The number of hydrazone groups is 1. The SMILES string of the molecule is CNC(=O)NC1=NNC=N[C@H]1C(=O)[O-]. The zero-order valence-electron chi connectivity index (χ0n) is 7.27. The molecule has 0 aromatic carbocycles. The van der Waals surface area contributed by atoms with Crippen molar-refractivity contribution in [2.75, 3.05) is 7.05 Å². The van der Waals surface area contributed by atoms with Gasteiger partial charge in [-0.05, 0) is 0 Å². The van der Waals surface area contributed by atoms with Gasteiger partial charge in [-0.15, -0.1) is 0 Å². The van der Waals surface area contributed by atoms with Crippen molar-refractivity contribution in [2.45, 2.75) is 6.04 Å². The molecular formula is C6H8N5O3-. The molecule has 0 bridgehead atoms. The first kappa shape index (κ1) is 9.96. The van der Waals surface area contributed by atoms with Crippen molar-refractivity contribution in [1.82, 2.24) is 16.1 Å². The van der Waals surface area contributed by atoms with Crippen LogP contribution in [0.25, 0.3) is 0 Å². The van der Waals surface area contributed by atoms with Gasteiger partial charge in [-0.3, -0.25) is 15.7 Å². The number of carboxylic acid groups (broad SMARTS) is 1. The Hall–Kier alpha value is -2.12. The summed E-state index contributed by atoms with van der Waals surface area (Å²) in [5.41, 5.74) is 2.31. The lowest BCUT2D eigenvalue weighted by Gasteiger charge is -2.19. The number of urea groups is 1. The van der Waals surface area contributed by atoms with Gasteiger partial charge in [-0.2, -0.15) is 5.10 Å². The van der Waals surface area contributed by atoms with Crippen LogP contribution in [0.3, 0.4) is 0 Å². The maximum Gasteiger partial charge on any atom is 0.320 e. The molecule has 0 unspecified atom stereocenters. The summed E-state index contributed by atoms with van der Waals surface area (Å²) >= 11 is 0. The number of nitrogens with one attached hydrogen (secondary N) is 3. The maximum atomic E-state index is 10.9. The average molecular weight is 198 g/mol. The highest BCUT2D eigenvalue weighted by atomic mass is 16.4. The molecule has 2 amide bonds. The molecule has 0 saturated carbocycles. The molecule has 1 rings (SSSR count). The number of aliphatic carboxylic acids is 1. The Labute approximate surface area is 79.1 Å². The van der Waals surface area contributed by atoms with Crippen LogP contribution in [-0.2, 0) is 4.79 Å². The summed E-state index contributed by atoms with van der Waals surface area (Å²) in [6, 6.07) is -1.86. The summed E-state index contributed by atoms with van der Waals surface area (Å²) in [5.74, 6) is -1.55. The third-order valence-electron chi connectivity index (χ3n) is 1.42. The molecule has 1 atom stereocenters. The van der Waals surface area contributed by atoms with E-state index in [0.29, 0.717) is 0 Å². The van der Waals surface area contributed by atoms with E-state index in [0.717, 1.165) is 6.34 Å². The number of carboxylic acids is 1. The number of nitrogens with zero attached hydrogens (tertiary/aromatic N) is 2. The first-order valence-electron chi connectivity index (χ1n) is 3.69. The van der Waals surface area contributed by atoms with Crippen LogP contribution >= 0.6 is 0 Å². The summed E-state index contributed by atoms with van der Waals surface area (Å²) in [5, 5.41) is 18.5. The second kappa shape index (κ2) is 4.21. The number of amidine groups is 1. The molecule has 8 heteroatoms. The minimum absolute atomic E-state index is 0.119. The van der Waals surface area contributed by atoms with E-state index in [-0.39, 0.29) is 5.84 Å². The Bertz CT molecular complexity index is 311. The van der Waals surface area contributed by atoms with Crippen LogP contribution in [0.4, 0.5) is 4.79 Å². The molecule has 76 valence electrons. The van der Waals surface area contributed by atoms with E-state index >= 15 is 0 Å². The molecule has 0 aromatic rings. The Morgan fingerprint density at radius 1 is 1.64 bits per heavy atom. The molecule has 14 heavy (non-hydrogen) atoms. The Morgan fingerprint density at radius 2 is 2.36 bits per heavy atom. The monoisotopic (exact) mass is 198 g/mol. The van der Waals surface area contributed by atoms with Gasteiger partial charge in [0.05, 0.1) is 5.97 Å². The molecule has 0 aliphatic carbocycles. The largest absolute Gasteiger partial charge is 0.547 e. The number of carbonyl (C=O) groups is 2. The van der Waals surface area contributed by atoms with E-state index < -0.39 is 18.0 Å². The number of amides is 2. The summed E-state index contributed by atoms with van der Waals surface area (Å²) in [6.45, 7) is 0. The fourth-order valence-electron chi connectivity index (χ4n) is 0.786. The minimum Gasteiger partial charge on any atom is -0.547 e. The normalized spacial score (nSPS) is 19.2. The van der Waals surface area contributed by atoms with E-state index in [1.54, 1.807) is 0 Å². The minimum atomic E-state index is -1.43. The predicted octanol–water partition coefficient (Wildman–Crippen LogP) is -3.02. The molecule has 0 fully saturated rings. The third kappa shape index (κ3) is 2.19. The van der Waals surface area contributed by atoms with E-state index in [1.807, 2.05) is 0 Å². The number of rotatable bonds is 1. The van der Waals surface area contributed by atoms with Crippen LogP contribution in [0.2, 0.25) is 0 Å². The summed E-state index contributed by atoms with van der Waals surface area (Å²) in [6.07, 6.45) is 1.11. The smallest absolute Gasteiger partial charge is 0.320 e. The number of hydrogen-bond donors (Lipinski definition) is 3. The lowest BCUT2D eigenvalue weighted by molar-refractivity contribution is -0.305. The summed E-state index contributed by atoms with van der Waals surface area (Å²) in [7, 11) is 1.39. The first-order valence-corrected chi connectivity index (χ1v) is 3.69. The van der Waals surface area contributed by atoms with Crippen LogP contribution in [0.1, 0.15) is 0 Å². The standard InChI is InChI=1S/C6H9N5O3/c1-7-6(14)10-4-3(5(12)13)8-2-9-11-4/h2-3H,1H3,(H,8,9)(H,12,13)(H2,7,10,11,14)/p-1/t3-/m1/s1. The van der Waals surface area contributed by atoms with Crippen molar-refractivity contribution < 1.29 is 14.7 Å². The Kier molecular flexibility index (Phi) is 3.00. The number of carbonyl (C=O) groups excluding carboxylic acids is 2. The molecule has 0 radical (unpaired) electrons. The molecule has 0 saturated heterocycles. The van der Waals surface area contributed by atoms with Crippen LogP contribution < -0.4 is 21.2 Å². The van der Waals surface area contributed by atoms with Crippen molar-refractivity contribution in [3.05, 3.63) is 0 Å². The molecule has 8 nitrogen and oxygen atoms in total. The van der Waals surface area contributed by atoms with Gasteiger partial charge in [-0.25, -0.2) is 4.79 Å². The van der Waals surface area contributed by atoms with Crippen molar-refractivity contribution in [2.24, 2.45) is 10.1 Å². The first-order chi connectivity index (χ1) is 6.65. The molecule has 1 aliphatic rings.